The summed E-state index contributed by atoms with van der Waals surface area (Å²) in [6.07, 6.45) is 2.63. The first-order chi connectivity index (χ1) is 7.18. The minimum absolute atomic E-state index is 0.755. The topological polar surface area (TPSA) is 15.3 Å². The van der Waals surface area contributed by atoms with Crippen LogP contribution in [0.3, 0.4) is 0 Å². The van der Waals surface area contributed by atoms with Crippen LogP contribution in [-0.4, -0.2) is 49.1 Å². The highest BCUT2D eigenvalue weighted by molar-refractivity contribution is 7.99. The molecule has 0 aromatic rings. The monoisotopic (exact) mass is 230 g/mol. The number of hydrogen-bond acceptors (Lipinski definition) is 3. The Kier molecular flexibility index (Phi) is 6.69. The van der Waals surface area contributed by atoms with Gasteiger partial charge in [0.15, 0.2) is 0 Å². The summed E-state index contributed by atoms with van der Waals surface area (Å²) in [5, 5.41) is 3.59. The first-order valence-corrected chi connectivity index (χ1v) is 7.33. The van der Waals surface area contributed by atoms with E-state index in [9.17, 15) is 0 Å². The van der Waals surface area contributed by atoms with Gasteiger partial charge in [-0.3, -0.25) is 0 Å². The third-order valence-corrected chi connectivity index (χ3v) is 4.08. The lowest BCUT2D eigenvalue weighted by molar-refractivity contribution is 0.293. The standard InChI is InChI=1S/C12H26N2S/c1-11(2)4-7-14(3)8-5-12-10-15-9-6-13-12/h11-13H,4-10H2,1-3H3. The van der Waals surface area contributed by atoms with Crippen LogP contribution in [0, 0.1) is 5.92 Å². The number of rotatable bonds is 6. The van der Waals surface area contributed by atoms with Crippen molar-refractivity contribution in [2.24, 2.45) is 5.92 Å². The van der Waals surface area contributed by atoms with Gasteiger partial charge in [-0.25, -0.2) is 0 Å². The maximum Gasteiger partial charge on any atom is 0.0170 e. The van der Waals surface area contributed by atoms with Crippen molar-refractivity contribution in [2.75, 3.05) is 38.2 Å². The van der Waals surface area contributed by atoms with Gasteiger partial charge in [-0.2, -0.15) is 11.8 Å². The quantitative estimate of drug-likeness (QED) is 0.752. The maximum atomic E-state index is 3.59. The van der Waals surface area contributed by atoms with Crippen LogP contribution >= 0.6 is 11.8 Å². The summed E-state index contributed by atoms with van der Waals surface area (Å²) in [6, 6.07) is 0.755. The predicted molar refractivity (Wildman–Crippen MR) is 70.7 cm³/mol. The number of hydrogen-bond donors (Lipinski definition) is 1. The van der Waals surface area contributed by atoms with E-state index in [1.807, 2.05) is 0 Å². The molecule has 0 aromatic carbocycles. The van der Waals surface area contributed by atoms with E-state index in [1.54, 1.807) is 0 Å². The predicted octanol–water partition coefficient (Wildman–Crippen LogP) is 2.06. The Bertz CT molecular complexity index is 156. The fourth-order valence-corrected chi connectivity index (χ4v) is 2.77. The Morgan fingerprint density at radius 3 is 2.80 bits per heavy atom. The number of nitrogens with one attached hydrogen (secondary N) is 1. The Morgan fingerprint density at radius 2 is 2.20 bits per heavy atom. The molecule has 0 saturated carbocycles. The largest absolute Gasteiger partial charge is 0.312 e. The van der Waals surface area contributed by atoms with Crippen molar-refractivity contribution in [1.82, 2.24) is 10.2 Å². The summed E-state index contributed by atoms with van der Waals surface area (Å²) in [5.74, 6) is 3.42. The van der Waals surface area contributed by atoms with Gasteiger partial charge in [0.05, 0.1) is 0 Å². The smallest absolute Gasteiger partial charge is 0.0170 e. The van der Waals surface area contributed by atoms with Gasteiger partial charge in [0, 0.05) is 24.1 Å². The lowest BCUT2D eigenvalue weighted by atomic mass is 10.1. The van der Waals surface area contributed by atoms with Crippen LogP contribution in [-0.2, 0) is 0 Å². The number of thioether (sulfide) groups is 1. The molecule has 0 spiro atoms. The molecule has 0 aromatic heterocycles. The van der Waals surface area contributed by atoms with Crippen molar-refractivity contribution >= 4 is 11.8 Å². The molecule has 1 unspecified atom stereocenters. The second kappa shape index (κ2) is 7.53. The summed E-state index contributed by atoms with van der Waals surface area (Å²) >= 11 is 2.09. The first kappa shape index (κ1) is 13.3. The van der Waals surface area contributed by atoms with Gasteiger partial charge in [-0.05, 0) is 38.9 Å². The molecule has 0 amide bonds. The van der Waals surface area contributed by atoms with Crippen molar-refractivity contribution in [3.63, 3.8) is 0 Å². The third-order valence-electron chi connectivity index (χ3n) is 2.95. The van der Waals surface area contributed by atoms with Crippen molar-refractivity contribution in [3.8, 4) is 0 Å². The molecular formula is C12H26N2S. The molecular weight excluding hydrogens is 204 g/mol. The molecule has 1 saturated heterocycles. The third kappa shape index (κ3) is 6.44. The van der Waals surface area contributed by atoms with Gasteiger partial charge < -0.3 is 10.2 Å². The normalized spacial score (nSPS) is 22.6. The molecule has 1 rings (SSSR count). The first-order valence-electron chi connectivity index (χ1n) is 6.18. The minimum Gasteiger partial charge on any atom is -0.312 e. The van der Waals surface area contributed by atoms with E-state index >= 15 is 0 Å². The van der Waals surface area contributed by atoms with E-state index in [2.05, 4.69) is 42.9 Å². The van der Waals surface area contributed by atoms with Crippen molar-refractivity contribution in [2.45, 2.75) is 32.7 Å². The van der Waals surface area contributed by atoms with Crippen LogP contribution in [0.25, 0.3) is 0 Å². The zero-order valence-electron chi connectivity index (χ0n) is 10.5. The van der Waals surface area contributed by atoms with E-state index < -0.39 is 0 Å². The Labute approximate surface area is 99.2 Å². The second-order valence-corrected chi connectivity index (χ2v) is 6.15. The summed E-state index contributed by atoms with van der Waals surface area (Å²) in [4.78, 5) is 2.47. The molecule has 3 heteroatoms. The Balaban J connectivity index is 2.02. The average Bonchev–Trinajstić information content (AvgIpc) is 2.25. The van der Waals surface area contributed by atoms with Crippen LogP contribution < -0.4 is 5.32 Å². The van der Waals surface area contributed by atoms with Crippen molar-refractivity contribution in [3.05, 3.63) is 0 Å². The lowest BCUT2D eigenvalue weighted by Crippen LogP contribution is -2.39. The van der Waals surface area contributed by atoms with Crippen LogP contribution in [0.4, 0.5) is 0 Å². The van der Waals surface area contributed by atoms with Gasteiger partial charge in [-0.15, -0.1) is 0 Å². The highest BCUT2D eigenvalue weighted by atomic mass is 32.2. The van der Waals surface area contributed by atoms with E-state index in [1.165, 1.54) is 44.0 Å². The fourth-order valence-electron chi connectivity index (χ4n) is 1.77. The van der Waals surface area contributed by atoms with Crippen LogP contribution in [0.15, 0.2) is 0 Å². The molecule has 90 valence electrons. The van der Waals surface area contributed by atoms with E-state index in [0.717, 1.165) is 12.0 Å². The zero-order chi connectivity index (χ0) is 11.1. The molecule has 1 heterocycles. The molecule has 2 nitrogen and oxygen atoms in total. The van der Waals surface area contributed by atoms with Gasteiger partial charge in [0.1, 0.15) is 0 Å². The SMILES string of the molecule is CC(C)CCN(C)CCC1CSCCN1. The Hall–Kier alpha value is 0.270. The molecule has 1 N–H and O–H groups in total. The maximum absolute atomic E-state index is 3.59. The second-order valence-electron chi connectivity index (χ2n) is 5.00. The summed E-state index contributed by atoms with van der Waals surface area (Å²) in [7, 11) is 2.25. The van der Waals surface area contributed by atoms with Gasteiger partial charge in [0.25, 0.3) is 0 Å². The number of nitrogens with zero attached hydrogens (tertiary/aromatic N) is 1. The highest BCUT2D eigenvalue weighted by Gasteiger charge is 2.13. The van der Waals surface area contributed by atoms with E-state index in [-0.39, 0.29) is 0 Å². The van der Waals surface area contributed by atoms with Gasteiger partial charge in [-0.1, -0.05) is 13.8 Å². The molecule has 0 bridgehead atoms. The molecule has 1 aliphatic rings. The van der Waals surface area contributed by atoms with Gasteiger partial charge in [0.2, 0.25) is 0 Å². The summed E-state index contributed by atoms with van der Waals surface area (Å²) < 4.78 is 0. The molecule has 1 atom stereocenters. The van der Waals surface area contributed by atoms with Crippen molar-refractivity contribution in [1.29, 1.82) is 0 Å². The average molecular weight is 230 g/mol. The fraction of sp³-hybridized carbons (Fsp3) is 1.00. The van der Waals surface area contributed by atoms with Crippen molar-refractivity contribution < 1.29 is 0 Å². The molecule has 1 fully saturated rings. The zero-order valence-corrected chi connectivity index (χ0v) is 11.3. The summed E-state index contributed by atoms with van der Waals surface area (Å²) in [5.41, 5.74) is 0. The summed E-state index contributed by atoms with van der Waals surface area (Å²) in [6.45, 7) is 8.29. The molecule has 0 aliphatic carbocycles. The Morgan fingerprint density at radius 1 is 1.40 bits per heavy atom. The minimum atomic E-state index is 0.755. The molecule has 1 aliphatic heterocycles. The van der Waals surface area contributed by atoms with Crippen LogP contribution in [0.5, 0.6) is 0 Å². The molecule has 0 radical (unpaired) electrons. The highest BCUT2D eigenvalue weighted by Crippen LogP contribution is 2.10. The van der Waals surface area contributed by atoms with E-state index in [0.29, 0.717) is 0 Å². The van der Waals surface area contributed by atoms with Gasteiger partial charge >= 0.3 is 0 Å². The van der Waals surface area contributed by atoms with Crippen LogP contribution in [0.1, 0.15) is 26.7 Å². The molecule has 15 heavy (non-hydrogen) atoms. The van der Waals surface area contributed by atoms with Crippen LogP contribution in [0.2, 0.25) is 0 Å². The lowest BCUT2D eigenvalue weighted by Gasteiger charge is -2.25. The van der Waals surface area contributed by atoms with E-state index in [4.69, 9.17) is 0 Å².